The molecule has 2 aromatic heterocycles. The largest absolute Gasteiger partial charge is 0.493 e. The van der Waals surface area contributed by atoms with Gasteiger partial charge in [-0.05, 0) is 22.9 Å². The molecule has 0 aliphatic rings. The Morgan fingerprint density at radius 2 is 1.18 bits per heavy atom. The summed E-state index contributed by atoms with van der Waals surface area (Å²) in [7, 11) is 6.36. The lowest BCUT2D eigenvalue weighted by atomic mass is 10.3. The second kappa shape index (κ2) is 9.09. The summed E-state index contributed by atoms with van der Waals surface area (Å²) < 4.78 is 20.8. The molecule has 0 amide bonds. The van der Waals surface area contributed by atoms with Crippen molar-refractivity contribution in [3.8, 4) is 23.0 Å². The van der Waals surface area contributed by atoms with E-state index in [4.69, 9.17) is 18.9 Å². The molecule has 0 bridgehead atoms. The number of methoxy groups -OCH3 is 4. The molecule has 22 heavy (non-hydrogen) atoms. The van der Waals surface area contributed by atoms with Crippen molar-refractivity contribution in [3.63, 3.8) is 0 Å². The third-order valence-corrected chi connectivity index (χ3v) is 3.08. The highest BCUT2D eigenvalue weighted by Crippen LogP contribution is 2.27. The van der Waals surface area contributed by atoms with Gasteiger partial charge in [0, 0.05) is 17.8 Å². The molecule has 0 aliphatic heterocycles. The summed E-state index contributed by atoms with van der Waals surface area (Å²) in [4.78, 5) is 8.02. The van der Waals surface area contributed by atoms with Crippen molar-refractivity contribution in [1.29, 1.82) is 0 Å². The molecule has 0 fully saturated rings. The van der Waals surface area contributed by atoms with Crippen LogP contribution in [0.4, 0.5) is 0 Å². The van der Waals surface area contributed by atoms with Gasteiger partial charge in [-0.15, -0.1) is 0 Å². The van der Waals surface area contributed by atoms with E-state index in [0.29, 0.717) is 17.2 Å². The topological polar surface area (TPSA) is 62.7 Å². The first-order valence-corrected chi connectivity index (χ1v) is 7.13. The maximum atomic E-state index is 5.05. The highest BCUT2D eigenvalue weighted by atomic mass is 79.9. The van der Waals surface area contributed by atoms with E-state index in [0.717, 1.165) is 16.0 Å². The van der Waals surface area contributed by atoms with Crippen molar-refractivity contribution in [2.24, 2.45) is 0 Å². The number of hydrogen-bond donors (Lipinski definition) is 0. The first-order valence-electron chi connectivity index (χ1n) is 6.33. The summed E-state index contributed by atoms with van der Waals surface area (Å²) in [6.45, 7) is 1.90. The molecule has 0 saturated carbocycles. The van der Waals surface area contributed by atoms with Gasteiger partial charge in [-0.3, -0.25) is 4.98 Å². The fraction of sp³-hybridized carbons (Fsp3) is 0.333. The lowest BCUT2D eigenvalue weighted by Gasteiger charge is -2.06. The molecule has 0 radical (unpaired) electrons. The van der Waals surface area contributed by atoms with Crippen LogP contribution in [0.15, 0.2) is 29.1 Å². The average Bonchev–Trinajstić information content (AvgIpc) is 2.55. The Bertz CT molecular complexity index is 555. The molecule has 0 spiro atoms. The third kappa shape index (κ3) is 5.07. The summed E-state index contributed by atoms with van der Waals surface area (Å²) in [5.41, 5.74) is 0.919. The van der Waals surface area contributed by atoms with Crippen molar-refractivity contribution in [2.45, 2.75) is 6.92 Å². The molecule has 2 heterocycles. The molecule has 0 N–H and O–H groups in total. The molecular formula is C15H19BrN2O4. The molecule has 0 atom stereocenters. The zero-order valence-electron chi connectivity index (χ0n) is 13.2. The SMILES string of the molecule is COc1cnc(Br)cc1OC.COc1cnc(C)cc1OC. The highest BCUT2D eigenvalue weighted by Gasteiger charge is 2.03. The van der Waals surface area contributed by atoms with Gasteiger partial charge in [0.1, 0.15) is 4.60 Å². The average molecular weight is 371 g/mol. The molecule has 7 heteroatoms. The summed E-state index contributed by atoms with van der Waals surface area (Å²) >= 11 is 3.22. The molecule has 2 rings (SSSR count). The molecular weight excluding hydrogens is 352 g/mol. The Morgan fingerprint density at radius 3 is 1.68 bits per heavy atom. The van der Waals surface area contributed by atoms with Gasteiger partial charge < -0.3 is 18.9 Å². The van der Waals surface area contributed by atoms with E-state index < -0.39 is 0 Å². The van der Waals surface area contributed by atoms with Crippen LogP contribution in [-0.4, -0.2) is 38.4 Å². The smallest absolute Gasteiger partial charge is 0.179 e. The van der Waals surface area contributed by atoms with Crippen molar-refractivity contribution < 1.29 is 18.9 Å². The molecule has 120 valence electrons. The van der Waals surface area contributed by atoms with E-state index >= 15 is 0 Å². The Hall–Kier alpha value is -2.02. The van der Waals surface area contributed by atoms with Crippen LogP contribution < -0.4 is 18.9 Å². The minimum Gasteiger partial charge on any atom is -0.493 e. The van der Waals surface area contributed by atoms with Gasteiger partial charge in [-0.1, -0.05) is 0 Å². The summed E-state index contributed by atoms with van der Waals surface area (Å²) in [6.07, 6.45) is 3.25. The van der Waals surface area contributed by atoms with Gasteiger partial charge in [-0.25, -0.2) is 4.98 Å². The number of halogens is 1. The molecule has 0 unspecified atom stereocenters. The van der Waals surface area contributed by atoms with Gasteiger partial charge in [-0.2, -0.15) is 0 Å². The predicted molar refractivity (Wildman–Crippen MR) is 87.1 cm³/mol. The number of ether oxygens (including phenoxy) is 4. The maximum absolute atomic E-state index is 5.05. The van der Waals surface area contributed by atoms with Crippen LogP contribution in [0.25, 0.3) is 0 Å². The summed E-state index contributed by atoms with van der Waals surface area (Å²) in [5, 5.41) is 0. The molecule has 0 aliphatic carbocycles. The monoisotopic (exact) mass is 370 g/mol. The Kier molecular flexibility index (Phi) is 7.45. The highest BCUT2D eigenvalue weighted by molar-refractivity contribution is 9.10. The number of nitrogens with zero attached hydrogens (tertiary/aromatic N) is 2. The zero-order valence-corrected chi connectivity index (χ0v) is 14.8. The minimum atomic E-state index is 0.635. The normalized spacial score (nSPS) is 9.36. The lowest BCUT2D eigenvalue weighted by molar-refractivity contribution is 0.353. The Labute approximate surface area is 138 Å². The van der Waals surface area contributed by atoms with Crippen LogP contribution in [0.1, 0.15) is 5.69 Å². The van der Waals surface area contributed by atoms with Crippen molar-refractivity contribution in [2.75, 3.05) is 28.4 Å². The van der Waals surface area contributed by atoms with Crippen molar-refractivity contribution >= 4 is 15.9 Å². The maximum Gasteiger partial charge on any atom is 0.179 e. The van der Waals surface area contributed by atoms with E-state index in [2.05, 4.69) is 25.9 Å². The number of rotatable bonds is 4. The first-order chi connectivity index (χ1) is 10.5. The van der Waals surface area contributed by atoms with Gasteiger partial charge >= 0.3 is 0 Å². The molecule has 0 saturated heterocycles. The third-order valence-electron chi connectivity index (χ3n) is 2.65. The first kappa shape index (κ1) is 18.0. The zero-order chi connectivity index (χ0) is 16.5. The predicted octanol–water partition coefficient (Wildman–Crippen LogP) is 3.27. The standard InChI is InChI=1S/C8H11NO2.C7H8BrNO2/c1-6-4-7(10-2)8(11-3)5-9-6;1-10-5-3-7(8)9-4-6(5)11-2/h4-5H,1-3H3;3-4H,1-2H3. The summed E-state index contributed by atoms with van der Waals surface area (Å²) in [6, 6.07) is 3.58. The number of aryl methyl sites for hydroxylation is 1. The molecule has 6 nitrogen and oxygen atoms in total. The molecule has 2 aromatic rings. The minimum absolute atomic E-state index is 0.635. The van der Waals surface area contributed by atoms with Crippen LogP contribution in [0, 0.1) is 6.92 Å². The van der Waals surface area contributed by atoms with Crippen molar-refractivity contribution in [3.05, 3.63) is 34.8 Å². The van der Waals surface area contributed by atoms with Gasteiger partial charge in [0.15, 0.2) is 23.0 Å². The molecule has 0 aromatic carbocycles. The van der Waals surface area contributed by atoms with E-state index in [1.54, 1.807) is 46.9 Å². The Morgan fingerprint density at radius 1 is 0.727 bits per heavy atom. The van der Waals surface area contributed by atoms with E-state index in [-0.39, 0.29) is 0 Å². The fourth-order valence-electron chi connectivity index (χ4n) is 1.55. The van der Waals surface area contributed by atoms with E-state index in [9.17, 15) is 0 Å². The summed E-state index contributed by atoms with van der Waals surface area (Å²) in [5.74, 6) is 2.70. The van der Waals surface area contributed by atoms with Gasteiger partial charge in [0.25, 0.3) is 0 Å². The van der Waals surface area contributed by atoms with E-state index in [1.807, 2.05) is 13.0 Å². The number of pyridine rings is 2. The van der Waals surface area contributed by atoms with Crippen LogP contribution in [0.2, 0.25) is 0 Å². The second-order valence-corrected chi connectivity index (χ2v) is 4.86. The number of aromatic nitrogens is 2. The van der Waals surface area contributed by atoms with Crippen LogP contribution in [-0.2, 0) is 0 Å². The number of hydrogen-bond acceptors (Lipinski definition) is 6. The van der Waals surface area contributed by atoms with Gasteiger partial charge in [0.05, 0.1) is 40.8 Å². The lowest BCUT2D eigenvalue weighted by Crippen LogP contribution is -1.92. The van der Waals surface area contributed by atoms with E-state index in [1.165, 1.54) is 0 Å². The van der Waals surface area contributed by atoms with Gasteiger partial charge in [0.2, 0.25) is 0 Å². The fourth-order valence-corrected chi connectivity index (χ4v) is 1.86. The quantitative estimate of drug-likeness (QED) is 0.769. The van der Waals surface area contributed by atoms with Crippen molar-refractivity contribution in [1.82, 2.24) is 9.97 Å². The van der Waals surface area contributed by atoms with Crippen LogP contribution in [0.5, 0.6) is 23.0 Å². The van der Waals surface area contributed by atoms with Crippen LogP contribution in [0.3, 0.4) is 0 Å². The second-order valence-electron chi connectivity index (χ2n) is 4.04. The van der Waals surface area contributed by atoms with Crippen LogP contribution >= 0.6 is 15.9 Å². The Balaban J connectivity index is 0.000000220.